The second-order valence-corrected chi connectivity index (χ2v) is 10.1. The minimum atomic E-state index is -0.279. The zero-order valence-corrected chi connectivity index (χ0v) is 21.0. The van der Waals surface area contributed by atoms with Gasteiger partial charge >= 0.3 is 0 Å². The number of fused-ring (bicyclic) bond motifs is 1. The number of pyridine rings is 1. The van der Waals surface area contributed by atoms with Gasteiger partial charge in [0.05, 0.1) is 35.0 Å². The molecule has 0 spiro atoms. The minimum Gasteiger partial charge on any atom is -0.494 e. The molecule has 1 aliphatic heterocycles. The molecule has 4 rings (SSSR count). The number of hydrogen-bond acceptors (Lipinski definition) is 5. The van der Waals surface area contributed by atoms with E-state index >= 15 is 0 Å². The molecule has 0 aliphatic carbocycles. The number of rotatable bonds is 5. The average molecular weight is 464 g/mol. The van der Waals surface area contributed by atoms with Crippen LogP contribution < -0.4 is 15.0 Å². The van der Waals surface area contributed by atoms with E-state index in [-0.39, 0.29) is 23.3 Å². The molecule has 2 amide bonds. The number of amides is 2. The fourth-order valence-corrected chi connectivity index (χ4v) is 4.33. The van der Waals surface area contributed by atoms with E-state index in [0.29, 0.717) is 35.6 Å². The van der Waals surface area contributed by atoms with E-state index in [4.69, 9.17) is 14.8 Å². The Bertz CT molecular complexity index is 1270. The van der Waals surface area contributed by atoms with Gasteiger partial charge in [0.15, 0.2) is 5.65 Å². The lowest BCUT2D eigenvalue weighted by atomic mass is 10.0. The van der Waals surface area contributed by atoms with Gasteiger partial charge in [-0.2, -0.15) is 5.10 Å². The van der Waals surface area contributed by atoms with Crippen LogP contribution in [0.5, 0.6) is 5.75 Å². The number of ether oxygens (including phenoxy) is 1. The highest BCUT2D eigenvalue weighted by Crippen LogP contribution is 2.35. The number of aryl methyl sites for hydroxylation is 1. The topological polar surface area (TPSA) is 89.3 Å². The third-order valence-electron chi connectivity index (χ3n) is 6.11. The standard InChI is InChI=1S/C26H33N5O3/c1-15(2)19-14-18(23-16(3)29-31(24(23)28-19)26(4,5)6)25(33)27-17-10-11-20(21(13-17)34-7)30-12-8-9-22(30)32/h10-11,13-15H,8-9,12H2,1-7H3,(H,27,33). The molecule has 1 fully saturated rings. The van der Waals surface area contributed by atoms with Gasteiger partial charge in [-0.15, -0.1) is 0 Å². The SMILES string of the molecule is COc1cc(NC(=O)c2cc(C(C)C)nc3c2c(C)nn3C(C)(C)C)ccc1N1CCCC1=O. The van der Waals surface area contributed by atoms with E-state index in [9.17, 15) is 9.59 Å². The summed E-state index contributed by atoms with van der Waals surface area (Å²) in [4.78, 5) is 32.3. The smallest absolute Gasteiger partial charge is 0.256 e. The lowest BCUT2D eigenvalue weighted by molar-refractivity contribution is -0.117. The van der Waals surface area contributed by atoms with Gasteiger partial charge < -0.3 is 15.0 Å². The number of carbonyl (C=O) groups excluding carboxylic acids is 2. The molecular weight excluding hydrogens is 430 g/mol. The summed E-state index contributed by atoms with van der Waals surface area (Å²) < 4.78 is 7.44. The van der Waals surface area contributed by atoms with Crippen LogP contribution >= 0.6 is 0 Å². The minimum absolute atomic E-state index is 0.0850. The molecule has 0 unspecified atom stereocenters. The van der Waals surface area contributed by atoms with Gasteiger partial charge in [0.2, 0.25) is 5.91 Å². The predicted octanol–water partition coefficient (Wildman–Crippen LogP) is 5.01. The van der Waals surface area contributed by atoms with Crippen LogP contribution in [0, 0.1) is 6.92 Å². The van der Waals surface area contributed by atoms with Crippen molar-refractivity contribution in [2.75, 3.05) is 23.9 Å². The first-order valence-corrected chi connectivity index (χ1v) is 11.7. The van der Waals surface area contributed by atoms with Crippen molar-refractivity contribution in [3.63, 3.8) is 0 Å². The summed E-state index contributed by atoms with van der Waals surface area (Å²) in [5.74, 6) is 0.546. The Kier molecular flexibility index (Phi) is 6.10. The van der Waals surface area contributed by atoms with Crippen molar-refractivity contribution in [1.29, 1.82) is 0 Å². The van der Waals surface area contributed by atoms with Crippen molar-refractivity contribution in [1.82, 2.24) is 14.8 Å². The predicted molar refractivity (Wildman–Crippen MR) is 134 cm³/mol. The van der Waals surface area contributed by atoms with Gasteiger partial charge in [-0.05, 0) is 58.2 Å². The van der Waals surface area contributed by atoms with Crippen LogP contribution in [0.1, 0.15) is 75.1 Å². The summed E-state index contributed by atoms with van der Waals surface area (Å²) in [7, 11) is 1.57. The molecule has 34 heavy (non-hydrogen) atoms. The van der Waals surface area contributed by atoms with E-state index in [1.165, 1.54) is 0 Å². The van der Waals surface area contributed by atoms with E-state index < -0.39 is 0 Å². The van der Waals surface area contributed by atoms with Crippen molar-refractivity contribution in [3.8, 4) is 5.75 Å². The number of benzene rings is 1. The van der Waals surface area contributed by atoms with Crippen molar-refractivity contribution < 1.29 is 14.3 Å². The Morgan fingerprint density at radius 3 is 2.53 bits per heavy atom. The Morgan fingerprint density at radius 1 is 1.21 bits per heavy atom. The monoisotopic (exact) mass is 463 g/mol. The first-order chi connectivity index (χ1) is 16.0. The molecule has 1 aromatic carbocycles. The van der Waals surface area contributed by atoms with Crippen molar-refractivity contribution in [3.05, 3.63) is 41.2 Å². The average Bonchev–Trinajstić information content (AvgIpc) is 3.35. The zero-order valence-electron chi connectivity index (χ0n) is 21.0. The van der Waals surface area contributed by atoms with Crippen LogP contribution in [0.4, 0.5) is 11.4 Å². The van der Waals surface area contributed by atoms with Crippen molar-refractivity contribution >= 4 is 34.2 Å². The second-order valence-electron chi connectivity index (χ2n) is 10.1. The Morgan fingerprint density at radius 2 is 1.94 bits per heavy atom. The fourth-order valence-electron chi connectivity index (χ4n) is 4.33. The van der Waals surface area contributed by atoms with Gasteiger partial charge in [0, 0.05) is 30.4 Å². The van der Waals surface area contributed by atoms with Crippen LogP contribution in [0.25, 0.3) is 11.0 Å². The Hall–Kier alpha value is -3.42. The molecule has 3 aromatic rings. The number of nitrogens with one attached hydrogen (secondary N) is 1. The molecule has 1 saturated heterocycles. The molecule has 0 radical (unpaired) electrons. The molecule has 0 atom stereocenters. The number of anilines is 2. The first-order valence-electron chi connectivity index (χ1n) is 11.7. The van der Waals surface area contributed by atoms with E-state index in [1.807, 2.05) is 23.7 Å². The molecular formula is C26H33N5O3. The highest BCUT2D eigenvalue weighted by molar-refractivity contribution is 6.13. The maximum Gasteiger partial charge on any atom is 0.256 e. The van der Waals surface area contributed by atoms with E-state index in [0.717, 1.165) is 28.9 Å². The van der Waals surface area contributed by atoms with Crippen LogP contribution in [-0.2, 0) is 10.3 Å². The maximum atomic E-state index is 13.5. The molecule has 180 valence electrons. The molecule has 8 heteroatoms. The third kappa shape index (κ3) is 4.24. The van der Waals surface area contributed by atoms with Crippen LogP contribution in [-0.4, -0.2) is 40.2 Å². The number of nitrogens with zero attached hydrogens (tertiary/aromatic N) is 4. The summed E-state index contributed by atoms with van der Waals surface area (Å²) in [6.07, 6.45) is 1.37. The highest BCUT2D eigenvalue weighted by Gasteiger charge is 2.27. The summed E-state index contributed by atoms with van der Waals surface area (Å²) in [5, 5.41) is 8.48. The van der Waals surface area contributed by atoms with E-state index in [2.05, 4.69) is 39.9 Å². The summed E-state index contributed by atoms with van der Waals surface area (Å²) in [6, 6.07) is 7.24. The maximum absolute atomic E-state index is 13.5. The quantitative estimate of drug-likeness (QED) is 0.575. The molecule has 1 N–H and O–H groups in total. The number of hydrogen-bond donors (Lipinski definition) is 1. The van der Waals surface area contributed by atoms with Crippen molar-refractivity contribution in [2.24, 2.45) is 0 Å². The number of methoxy groups -OCH3 is 1. The van der Waals surface area contributed by atoms with Crippen LogP contribution in [0.15, 0.2) is 24.3 Å². The number of carbonyl (C=O) groups is 2. The van der Waals surface area contributed by atoms with Gasteiger partial charge in [-0.3, -0.25) is 9.59 Å². The van der Waals surface area contributed by atoms with Gasteiger partial charge in [0.25, 0.3) is 5.91 Å². The zero-order chi connectivity index (χ0) is 24.8. The lowest BCUT2D eigenvalue weighted by Crippen LogP contribution is -2.24. The Balaban J connectivity index is 1.75. The molecule has 8 nitrogen and oxygen atoms in total. The van der Waals surface area contributed by atoms with Crippen LogP contribution in [0.3, 0.4) is 0 Å². The fraction of sp³-hybridized carbons (Fsp3) is 0.462. The molecule has 2 aromatic heterocycles. The first kappa shape index (κ1) is 23.7. The molecule has 1 aliphatic rings. The molecule has 0 saturated carbocycles. The summed E-state index contributed by atoms with van der Waals surface area (Å²) >= 11 is 0. The normalized spacial score (nSPS) is 14.4. The second kappa shape index (κ2) is 8.74. The lowest BCUT2D eigenvalue weighted by Gasteiger charge is -2.21. The third-order valence-corrected chi connectivity index (χ3v) is 6.11. The highest BCUT2D eigenvalue weighted by atomic mass is 16.5. The van der Waals surface area contributed by atoms with Gasteiger partial charge in [-0.25, -0.2) is 9.67 Å². The Labute approximate surface area is 200 Å². The van der Waals surface area contributed by atoms with E-state index in [1.54, 1.807) is 24.1 Å². The van der Waals surface area contributed by atoms with Crippen molar-refractivity contribution in [2.45, 2.75) is 65.8 Å². The molecule has 0 bridgehead atoms. The van der Waals surface area contributed by atoms with Gasteiger partial charge in [-0.1, -0.05) is 13.8 Å². The summed E-state index contributed by atoms with van der Waals surface area (Å²) in [6.45, 7) is 12.9. The van der Waals surface area contributed by atoms with Crippen LogP contribution in [0.2, 0.25) is 0 Å². The summed E-state index contributed by atoms with van der Waals surface area (Å²) in [5.41, 5.74) is 3.88. The largest absolute Gasteiger partial charge is 0.494 e. The molecule has 3 heterocycles. The number of aromatic nitrogens is 3. The van der Waals surface area contributed by atoms with Gasteiger partial charge in [0.1, 0.15) is 5.75 Å².